The van der Waals surface area contributed by atoms with Crippen LogP contribution in [0.2, 0.25) is 0 Å². The molecule has 1 atom stereocenters. The van der Waals surface area contributed by atoms with Crippen LogP contribution in [0, 0.1) is 0 Å². The zero-order valence-corrected chi connectivity index (χ0v) is 17.6. The first-order valence-electron chi connectivity index (χ1n) is 10.3. The van der Waals surface area contributed by atoms with Gasteiger partial charge in [-0.3, -0.25) is 9.59 Å². The van der Waals surface area contributed by atoms with Gasteiger partial charge in [0.05, 0.1) is 30.0 Å². The van der Waals surface area contributed by atoms with Crippen molar-refractivity contribution >= 4 is 17.5 Å². The first-order valence-corrected chi connectivity index (χ1v) is 10.3. The number of carbonyl (C=O) groups excluding carboxylic acids is 2. The van der Waals surface area contributed by atoms with E-state index in [1.165, 1.54) is 0 Å². The van der Waals surface area contributed by atoms with E-state index in [9.17, 15) is 9.59 Å². The number of hydrogen-bond acceptors (Lipinski definition) is 4. The normalized spacial score (nSPS) is 11.5. The summed E-state index contributed by atoms with van der Waals surface area (Å²) in [5.74, 6) is -0.703. The summed E-state index contributed by atoms with van der Waals surface area (Å²) < 4.78 is 1.60. The Balaban J connectivity index is 1.45. The second kappa shape index (κ2) is 9.70. The zero-order valence-electron chi connectivity index (χ0n) is 17.6. The van der Waals surface area contributed by atoms with Crippen molar-refractivity contribution in [3.63, 3.8) is 0 Å². The van der Waals surface area contributed by atoms with Crippen LogP contribution in [0.4, 0.5) is 5.69 Å². The second-order valence-corrected chi connectivity index (χ2v) is 7.39. The highest BCUT2D eigenvalue weighted by atomic mass is 16.2. The Hall–Kier alpha value is -4.26. The Labute approximate surface area is 186 Å². The SMILES string of the molecule is CC(NC(=O)c1ccccc1NC(=O)c1cn(Cc2ccccc2)nn1)c1ccccc1. The molecule has 0 saturated heterocycles. The fraction of sp³-hybridized carbons (Fsp3) is 0.120. The molecule has 2 amide bonds. The molecule has 1 unspecified atom stereocenters. The molecular formula is C25H23N5O2. The average Bonchev–Trinajstić information content (AvgIpc) is 3.29. The van der Waals surface area contributed by atoms with Crippen LogP contribution in [0.25, 0.3) is 0 Å². The van der Waals surface area contributed by atoms with E-state index in [2.05, 4.69) is 20.9 Å². The highest BCUT2D eigenvalue weighted by Crippen LogP contribution is 2.18. The van der Waals surface area contributed by atoms with Crippen LogP contribution in [0.15, 0.2) is 91.1 Å². The third kappa shape index (κ3) is 5.07. The first kappa shape index (κ1) is 21.0. The molecule has 160 valence electrons. The van der Waals surface area contributed by atoms with E-state index in [0.717, 1.165) is 11.1 Å². The number of nitrogens with zero attached hydrogens (tertiary/aromatic N) is 3. The Morgan fingerprint density at radius 2 is 1.53 bits per heavy atom. The average molecular weight is 425 g/mol. The van der Waals surface area contributed by atoms with Gasteiger partial charge in [0.25, 0.3) is 11.8 Å². The van der Waals surface area contributed by atoms with E-state index in [1.54, 1.807) is 35.1 Å². The predicted molar refractivity (Wildman–Crippen MR) is 122 cm³/mol. The molecule has 0 fully saturated rings. The van der Waals surface area contributed by atoms with Gasteiger partial charge in [-0.2, -0.15) is 0 Å². The van der Waals surface area contributed by atoms with Crippen molar-refractivity contribution in [1.29, 1.82) is 0 Å². The number of anilines is 1. The van der Waals surface area contributed by atoms with Crippen molar-refractivity contribution in [2.45, 2.75) is 19.5 Å². The number of amides is 2. The van der Waals surface area contributed by atoms with Gasteiger partial charge in [0.1, 0.15) is 0 Å². The van der Waals surface area contributed by atoms with Gasteiger partial charge >= 0.3 is 0 Å². The van der Waals surface area contributed by atoms with Crippen molar-refractivity contribution in [3.8, 4) is 0 Å². The lowest BCUT2D eigenvalue weighted by atomic mass is 10.1. The fourth-order valence-corrected chi connectivity index (χ4v) is 3.33. The van der Waals surface area contributed by atoms with Gasteiger partial charge in [0.2, 0.25) is 0 Å². The molecular weight excluding hydrogens is 402 g/mol. The number of aromatic nitrogens is 3. The monoisotopic (exact) mass is 425 g/mol. The Morgan fingerprint density at radius 1 is 0.875 bits per heavy atom. The summed E-state index contributed by atoms with van der Waals surface area (Å²) in [5, 5.41) is 13.8. The van der Waals surface area contributed by atoms with Gasteiger partial charge in [-0.1, -0.05) is 78.0 Å². The molecule has 32 heavy (non-hydrogen) atoms. The standard InChI is InChI=1S/C25H23N5O2/c1-18(20-12-6-3-7-13-20)26-24(31)21-14-8-9-15-22(21)27-25(32)23-17-30(29-28-23)16-19-10-4-2-5-11-19/h2-15,17-18H,16H2,1H3,(H,26,31)(H,27,32). The first-order chi connectivity index (χ1) is 15.6. The number of nitrogens with one attached hydrogen (secondary N) is 2. The topological polar surface area (TPSA) is 88.9 Å². The maximum atomic E-state index is 12.9. The van der Waals surface area contributed by atoms with E-state index >= 15 is 0 Å². The quantitative estimate of drug-likeness (QED) is 0.467. The summed E-state index contributed by atoms with van der Waals surface area (Å²) in [6.45, 7) is 2.43. The van der Waals surface area contributed by atoms with Gasteiger partial charge in [-0.25, -0.2) is 4.68 Å². The lowest BCUT2D eigenvalue weighted by molar-refractivity contribution is 0.0941. The van der Waals surface area contributed by atoms with Crippen LogP contribution in [-0.4, -0.2) is 26.8 Å². The van der Waals surface area contributed by atoms with Crippen LogP contribution in [-0.2, 0) is 6.54 Å². The van der Waals surface area contributed by atoms with E-state index in [0.29, 0.717) is 17.8 Å². The van der Waals surface area contributed by atoms with Gasteiger partial charge < -0.3 is 10.6 Å². The van der Waals surface area contributed by atoms with Crippen LogP contribution >= 0.6 is 0 Å². The molecule has 3 aromatic carbocycles. The molecule has 1 heterocycles. The molecule has 2 N–H and O–H groups in total. The lowest BCUT2D eigenvalue weighted by Crippen LogP contribution is -2.28. The van der Waals surface area contributed by atoms with Crippen LogP contribution in [0.5, 0.6) is 0 Å². The smallest absolute Gasteiger partial charge is 0.277 e. The molecule has 7 nitrogen and oxygen atoms in total. The number of hydrogen-bond donors (Lipinski definition) is 2. The maximum absolute atomic E-state index is 12.9. The summed E-state index contributed by atoms with van der Waals surface area (Å²) in [7, 11) is 0. The molecule has 0 bridgehead atoms. The number of benzene rings is 3. The number of para-hydroxylation sites is 1. The third-order valence-electron chi connectivity index (χ3n) is 5.03. The molecule has 0 aliphatic heterocycles. The van der Waals surface area contributed by atoms with Gasteiger partial charge in [0, 0.05) is 0 Å². The summed E-state index contributed by atoms with van der Waals surface area (Å²) in [6, 6.07) is 26.2. The predicted octanol–water partition coefficient (Wildman–Crippen LogP) is 4.07. The Bertz CT molecular complexity index is 1210. The minimum Gasteiger partial charge on any atom is -0.345 e. The van der Waals surface area contributed by atoms with Crippen LogP contribution < -0.4 is 10.6 Å². The van der Waals surface area contributed by atoms with Crippen molar-refractivity contribution in [2.24, 2.45) is 0 Å². The van der Waals surface area contributed by atoms with Gasteiger partial charge in [-0.05, 0) is 30.2 Å². The van der Waals surface area contributed by atoms with Crippen molar-refractivity contribution in [2.75, 3.05) is 5.32 Å². The highest BCUT2D eigenvalue weighted by molar-refractivity contribution is 6.08. The van der Waals surface area contributed by atoms with E-state index in [1.807, 2.05) is 67.6 Å². The molecule has 0 saturated carbocycles. The molecule has 4 aromatic rings. The second-order valence-electron chi connectivity index (χ2n) is 7.39. The Morgan fingerprint density at radius 3 is 2.28 bits per heavy atom. The molecule has 0 radical (unpaired) electrons. The number of rotatable bonds is 7. The molecule has 4 rings (SSSR count). The summed E-state index contributed by atoms with van der Waals surface area (Å²) in [5.41, 5.74) is 3.01. The zero-order chi connectivity index (χ0) is 22.3. The number of carbonyl (C=O) groups is 2. The van der Waals surface area contributed by atoms with Crippen molar-refractivity contribution < 1.29 is 9.59 Å². The van der Waals surface area contributed by atoms with Crippen LogP contribution in [0.1, 0.15) is 44.9 Å². The van der Waals surface area contributed by atoms with Crippen molar-refractivity contribution in [3.05, 3.63) is 114 Å². The summed E-state index contributed by atoms with van der Waals surface area (Å²) in [4.78, 5) is 25.6. The molecule has 0 aliphatic carbocycles. The molecule has 0 spiro atoms. The van der Waals surface area contributed by atoms with E-state index in [-0.39, 0.29) is 17.6 Å². The maximum Gasteiger partial charge on any atom is 0.277 e. The molecule has 7 heteroatoms. The van der Waals surface area contributed by atoms with E-state index < -0.39 is 5.91 Å². The summed E-state index contributed by atoms with van der Waals surface area (Å²) >= 11 is 0. The summed E-state index contributed by atoms with van der Waals surface area (Å²) in [6.07, 6.45) is 1.59. The van der Waals surface area contributed by atoms with Gasteiger partial charge in [-0.15, -0.1) is 5.10 Å². The Kier molecular flexibility index (Phi) is 6.36. The van der Waals surface area contributed by atoms with Gasteiger partial charge in [0.15, 0.2) is 5.69 Å². The largest absolute Gasteiger partial charge is 0.345 e. The molecule has 0 aliphatic rings. The van der Waals surface area contributed by atoms with Crippen molar-refractivity contribution in [1.82, 2.24) is 20.3 Å². The fourth-order valence-electron chi connectivity index (χ4n) is 3.33. The van der Waals surface area contributed by atoms with Crippen LogP contribution in [0.3, 0.4) is 0 Å². The third-order valence-corrected chi connectivity index (χ3v) is 5.03. The minimum atomic E-state index is -0.430. The highest BCUT2D eigenvalue weighted by Gasteiger charge is 2.18. The minimum absolute atomic E-state index is 0.175. The molecule has 1 aromatic heterocycles. The van der Waals surface area contributed by atoms with E-state index in [4.69, 9.17) is 0 Å². The lowest BCUT2D eigenvalue weighted by Gasteiger charge is -2.16.